The highest BCUT2D eigenvalue weighted by molar-refractivity contribution is 7.93. The number of hydrogen-bond donors (Lipinski definition) is 3. The fourth-order valence-corrected chi connectivity index (χ4v) is 5.24. The van der Waals surface area contributed by atoms with Crippen molar-refractivity contribution in [3.63, 3.8) is 0 Å². The lowest BCUT2D eigenvalue weighted by molar-refractivity contribution is -0.386. The molecule has 0 saturated heterocycles. The molecule has 0 aromatic heterocycles. The molecule has 0 spiro atoms. The van der Waals surface area contributed by atoms with E-state index in [0.29, 0.717) is 16.7 Å². The van der Waals surface area contributed by atoms with Crippen molar-refractivity contribution in [2.24, 2.45) is 0 Å². The van der Waals surface area contributed by atoms with Crippen LogP contribution in [0.2, 0.25) is 5.02 Å². The van der Waals surface area contributed by atoms with Crippen LogP contribution in [0.3, 0.4) is 0 Å². The molecular weight excluding hydrogens is 482 g/mol. The molecule has 168 valence electrons. The lowest BCUT2D eigenvalue weighted by atomic mass is 10.2. The van der Waals surface area contributed by atoms with Crippen molar-refractivity contribution in [3.8, 4) is 5.75 Å². The van der Waals surface area contributed by atoms with Gasteiger partial charge >= 0.3 is 5.69 Å². The molecule has 0 fully saturated rings. The molecule has 0 aliphatic heterocycles. The zero-order valence-electron chi connectivity index (χ0n) is 16.3. The number of rotatable bonds is 7. The van der Waals surface area contributed by atoms with Gasteiger partial charge in [-0.1, -0.05) is 17.7 Å². The van der Waals surface area contributed by atoms with Crippen LogP contribution in [0, 0.1) is 17.0 Å². The Labute approximate surface area is 188 Å². The van der Waals surface area contributed by atoms with Crippen LogP contribution < -0.4 is 9.44 Å². The van der Waals surface area contributed by atoms with Gasteiger partial charge in [0, 0.05) is 16.8 Å². The van der Waals surface area contributed by atoms with Crippen LogP contribution in [0.5, 0.6) is 5.75 Å². The molecule has 0 atom stereocenters. The van der Waals surface area contributed by atoms with Crippen LogP contribution in [-0.2, 0) is 20.0 Å². The lowest BCUT2D eigenvalue weighted by Gasteiger charge is -2.13. The number of sulfonamides is 2. The molecule has 0 aliphatic carbocycles. The Morgan fingerprint density at radius 3 is 2.09 bits per heavy atom. The first-order chi connectivity index (χ1) is 14.9. The monoisotopic (exact) mass is 497 g/mol. The molecule has 3 aromatic rings. The number of nitrogens with one attached hydrogen (secondary N) is 2. The third-order valence-corrected chi connectivity index (χ3v) is 7.43. The number of anilines is 2. The number of nitro benzene ring substituents is 1. The summed E-state index contributed by atoms with van der Waals surface area (Å²) in [4.78, 5) is 9.39. The SMILES string of the molecule is Cc1ccc(NS(=O)(=O)c2ccc(O)c([N+](=O)[O-])c2)cc1S(=O)(=O)Nc1ccc(Cl)cc1. The first-order valence-electron chi connectivity index (χ1n) is 8.78. The van der Waals surface area contributed by atoms with Gasteiger partial charge in [0.15, 0.2) is 5.75 Å². The minimum Gasteiger partial charge on any atom is -0.502 e. The Morgan fingerprint density at radius 2 is 1.47 bits per heavy atom. The quantitative estimate of drug-likeness (QED) is 0.330. The third kappa shape index (κ3) is 5.10. The van der Waals surface area contributed by atoms with Crippen LogP contribution in [0.4, 0.5) is 17.1 Å². The normalized spacial score (nSPS) is 11.7. The lowest BCUT2D eigenvalue weighted by Crippen LogP contribution is -2.16. The Balaban J connectivity index is 1.94. The maximum absolute atomic E-state index is 12.8. The molecular formula is C19H16ClN3O7S2. The number of hydrogen-bond acceptors (Lipinski definition) is 7. The second kappa shape index (κ2) is 8.65. The second-order valence-corrected chi connectivity index (χ2v) is 10.4. The van der Waals surface area contributed by atoms with Crippen molar-refractivity contribution in [1.29, 1.82) is 0 Å². The van der Waals surface area contributed by atoms with E-state index >= 15 is 0 Å². The van der Waals surface area contributed by atoms with Gasteiger partial charge in [-0.25, -0.2) is 16.8 Å². The number of phenols is 1. The fraction of sp³-hybridized carbons (Fsp3) is 0.0526. The summed E-state index contributed by atoms with van der Waals surface area (Å²) in [6, 6.07) is 12.4. The molecule has 0 aliphatic rings. The molecule has 3 rings (SSSR count). The van der Waals surface area contributed by atoms with Gasteiger partial charge in [-0.05, 0) is 61.0 Å². The number of aromatic hydroxyl groups is 1. The second-order valence-electron chi connectivity index (χ2n) is 6.61. The first-order valence-corrected chi connectivity index (χ1v) is 12.1. The van der Waals surface area contributed by atoms with Gasteiger partial charge < -0.3 is 5.11 Å². The molecule has 13 heteroatoms. The molecule has 32 heavy (non-hydrogen) atoms. The van der Waals surface area contributed by atoms with Crippen molar-refractivity contribution in [3.05, 3.63) is 81.4 Å². The Kier molecular flexibility index (Phi) is 6.30. The van der Waals surface area contributed by atoms with Crippen molar-refractivity contribution in [2.45, 2.75) is 16.7 Å². The summed E-state index contributed by atoms with van der Waals surface area (Å²) in [5.41, 5.74) is -0.249. The van der Waals surface area contributed by atoms with Gasteiger partial charge in [0.1, 0.15) is 0 Å². The minimum atomic E-state index is -4.32. The standard InChI is InChI=1S/C19H16ClN3O7S2/c1-12-2-5-15(10-19(12)32(29,30)21-14-6-3-13(20)4-7-14)22-31(27,28)16-8-9-18(24)17(11-16)23(25)26/h2-11,21-22,24H,1H3. The summed E-state index contributed by atoms with van der Waals surface area (Å²) in [5, 5.41) is 20.9. The Bertz CT molecular complexity index is 1410. The summed E-state index contributed by atoms with van der Waals surface area (Å²) in [6.07, 6.45) is 0. The van der Waals surface area contributed by atoms with Crippen LogP contribution >= 0.6 is 11.6 Å². The highest BCUT2D eigenvalue weighted by Crippen LogP contribution is 2.30. The summed E-state index contributed by atoms with van der Waals surface area (Å²) < 4.78 is 55.6. The number of aryl methyl sites for hydroxylation is 1. The van der Waals surface area contributed by atoms with Crippen molar-refractivity contribution >= 4 is 48.7 Å². The zero-order valence-corrected chi connectivity index (χ0v) is 18.7. The maximum atomic E-state index is 12.8. The molecule has 0 heterocycles. The van der Waals surface area contributed by atoms with Crippen LogP contribution in [0.1, 0.15) is 5.56 Å². The smallest absolute Gasteiger partial charge is 0.312 e. The maximum Gasteiger partial charge on any atom is 0.312 e. The van der Waals surface area contributed by atoms with E-state index in [2.05, 4.69) is 9.44 Å². The van der Waals surface area contributed by atoms with E-state index in [9.17, 15) is 32.1 Å². The van der Waals surface area contributed by atoms with E-state index in [1.807, 2.05) is 0 Å². The van der Waals surface area contributed by atoms with Crippen molar-refractivity contribution < 1.29 is 26.9 Å². The summed E-state index contributed by atoms with van der Waals surface area (Å²) in [7, 11) is -8.39. The van der Waals surface area contributed by atoms with Gasteiger partial charge in [0.2, 0.25) is 0 Å². The van der Waals surface area contributed by atoms with Crippen molar-refractivity contribution in [2.75, 3.05) is 9.44 Å². The van der Waals surface area contributed by atoms with E-state index in [1.54, 1.807) is 0 Å². The minimum absolute atomic E-state index is 0.0807. The predicted octanol–water partition coefficient (Wildman–Crippen LogP) is 3.86. The van der Waals surface area contributed by atoms with E-state index in [4.69, 9.17) is 11.6 Å². The number of nitrogens with zero attached hydrogens (tertiary/aromatic N) is 1. The molecule has 0 bridgehead atoms. The molecule has 3 N–H and O–H groups in total. The number of halogens is 1. The van der Waals surface area contributed by atoms with Gasteiger partial charge in [-0.15, -0.1) is 0 Å². The summed E-state index contributed by atoms with van der Waals surface area (Å²) in [5.74, 6) is -0.689. The molecule has 0 radical (unpaired) electrons. The Hall–Kier alpha value is -3.35. The summed E-state index contributed by atoms with van der Waals surface area (Å²) >= 11 is 5.80. The van der Waals surface area contributed by atoms with E-state index in [0.717, 1.165) is 18.2 Å². The topological polar surface area (TPSA) is 156 Å². The van der Waals surface area contributed by atoms with Gasteiger partial charge in [0.25, 0.3) is 20.0 Å². The van der Waals surface area contributed by atoms with Crippen LogP contribution in [-0.4, -0.2) is 26.9 Å². The summed E-state index contributed by atoms with van der Waals surface area (Å²) in [6.45, 7) is 1.54. The predicted molar refractivity (Wildman–Crippen MR) is 119 cm³/mol. The van der Waals surface area contributed by atoms with Crippen LogP contribution in [0.25, 0.3) is 0 Å². The van der Waals surface area contributed by atoms with Crippen molar-refractivity contribution in [1.82, 2.24) is 0 Å². The van der Waals surface area contributed by atoms with Crippen LogP contribution in [0.15, 0.2) is 70.5 Å². The molecule has 3 aromatic carbocycles. The highest BCUT2D eigenvalue weighted by Gasteiger charge is 2.23. The number of benzene rings is 3. The molecule has 0 unspecified atom stereocenters. The molecule has 0 saturated carbocycles. The van der Waals surface area contributed by atoms with E-state index < -0.39 is 41.3 Å². The van der Waals surface area contributed by atoms with Gasteiger partial charge in [0.05, 0.1) is 20.4 Å². The number of phenolic OH excluding ortho intramolecular Hbond substituents is 1. The van der Waals surface area contributed by atoms with E-state index in [1.165, 1.54) is 43.3 Å². The average Bonchev–Trinajstić information content (AvgIpc) is 2.70. The fourth-order valence-electron chi connectivity index (χ4n) is 2.71. The molecule has 0 amide bonds. The largest absolute Gasteiger partial charge is 0.502 e. The average molecular weight is 498 g/mol. The highest BCUT2D eigenvalue weighted by atomic mass is 35.5. The Morgan fingerprint density at radius 1 is 0.875 bits per heavy atom. The van der Waals surface area contributed by atoms with E-state index in [-0.39, 0.29) is 16.3 Å². The zero-order chi connectivity index (χ0) is 23.7. The molecule has 10 nitrogen and oxygen atoms in total. The van der Waals surface area contributed by atoms with Gasteiger partial charge in [-0.3, -0.25) is 19.6 Å². The third-order valence-electron chi connectivity index (χ3n) is 4.28. The number of nitro groups is 1. The first kappa shape index (κ1) is 23.3. The van der Waals surface area contributed by atoms with Gasteiger partial charge in [-0.2, -0.15) is 0 Å².